The Morgan fingerprint density at radius 2 is 2.26 bits per heavy atom. The van der Waals surface area contributed by atoms with Gasteiger partial charge in [-0.05, 0) is 13.8 Å². The summed E-state index contributed by atoms with van der Waals surface area (Å²) in [6.07, 6.45) is 2.77. The summed E-state index contributed by atoms with van der Waals surface area (Å²) in [5.41, 5.74) is -0.795. The number of hydrogen-bond acceptors (Lipinski definition) is 7. The van der Waals surface area contributed by atoms with Crippen molar-refractivity contribution >= 4 is 34.1 Å². The van der Waals surface area contributed by atoms with Crippen LogP contribution in [0.5, 0.6) is 0 Å². The molecule has 1 aliphatic heterocycles. The number of allylic oxidation sites excluding steroid dienone is 1. The second kappa shape index (κ2) is 6.88. The van der Waals surface area contributed by atoms with E-state index in [4.69, 9.17) is 4.74 Å². The molecule has 1 atom stereocenters. The van der Waals surface area contributed by atoms with Gasteiger partial charge in [0.25, 0.3) is 11.8 Å². The normalized spacial score (nSPS) is 17.7. The van der Waals surface area contributed by atoms with Gasteiger partial charge >= 0.3 is 0 Å². The van der Waals surface area contributed by atoms with E-state index in [1.54, 1.807) is 19.2 Å². The Morgan fingerprint density at radius 3 is 2.83 bits per heavy atom. The Balaban J connectivity index is 2.02. The predicted octanol–water partition coefficient (Wildman–Crippen LogP) is 0.211. The lowest BCUT2D eigenvalue weighted by Crippen LogP contribution is -2.48. The van der Waals surface area contributed by atoms with E-state index in [0.29, 0.717) is 5.13 Å². The summed E-state index contributed by atoms with van der Waals surface area (Å²) in [5.74, 6) is -1.76. The van der Waals surface area contributed by atoms with Gasteiger partial charge in [0, 0.05) is 24.1 Å². The fourth-order valence-electron chi connectivity index (χ4n) is 1.99. The highest BCUT2D eigenvalue weighted by Crippen LogP contribution is 2.24. The maximum absolute atomic E-state index is 12.1. The fourth-order valence-corrected chi connectivity index (χ4v) is 2.52. The van der Waals surface area contributed by atoms with Crippen molar-refractivity contribution < 1.29 is 24.2 Å². The van der Waals surface area contributed by atoms with Crippen LogP contribution in [0.4, 0.5) is 5.13 Å². The molecule has 0 saturated heterocycles. The molecule has 2 heterocycles. The van der Waals surface area contributed by atoms with E-state index in [-0.39, 0.29) is 18.0 Å². The molecule has 3 N–H and O–H groups in total. The maximum Gasteiger partial charge on any atom is 0.287 e. The molecule has 0 unspecified atom stereocenters. The molecular formula is C14H17N3O5S. The summed E-state index contributed by atoms with van der Waals surface area (Å²) < 4.78 is 5.44. The van der Waals surface area contributed by atoms with E-state index in [1.165, 1.54) is 17.5 Å². The van der Waals surface area contributed by atoms with E-state index in [0.717, 1.165) is 6.08 Å². The number of ether oxygens (including phenoxy) is 1. The second-order valence-electron chi connectivity index (χ2n) is 5.55. The number of nitrogens with zero attached hydrogens (tertiary/aromatic N) is 1. The molecule has 0 fully saturated rings. The minimum atomic E-state index is -1.18. The first-order valence-corrected chi connectivity index (χ1v) is 7.74. The first kappa shape index (κ1) is 17.1. The zero-order valence-electron chi connectivity index (χ0n) is 12.7. The highest BCUT2D eigenvalue weighted by Gasteiger charge is 2.33. The summed E-state index contributed by atoms with van der Waals surface area (Å²) in [6.45, 7) is 2.77. The van der Waals surface area contributed by atoms with E-state index >= 15 is 0 Å². The smallest absolute Gasteiger partial charge is 0.287 e. The Hall–Kier alpha value is -2.26. The van der Waals surface area contributed by atoms with Gasteiger partial charge in [-0.1, -0.05) is 0 Å². The highest BCUT2D eigenvalue weighted by molar-refractivity contribution is 7.13. The lowest BCUT2D eigenvalue weighted by atomic mass is 9.98. The fraction of sp³-hybridized carbons (Fsp3) is 0.429. The lowest BCUT2D eigenvalue weighted by molar-refractivity contribution is -0.133. The molecule has 0 aliphatic carbocycles. The summed E-state index contributed by atoms with van der Waals surface area (Å²) in [7, 11) is 0. The van der Waals surface area contributed by atoms with E-state index in [1.807, 2.05) is 0 Å². The van der Waals surface area contributed by atoms with Crippen LogP contribution in [0.2, 0.25) is 0 Å². The van der Waals surface area contributed by atoms with Gasteiger partial charge in [0.15, 0.2) is 16.7 Å². The number of rotatable bonds is 5. The molecule has 1 aliphatic rings. The zero-order valence-corrected chi connectivity index (χ0v) is 13.5. The molecule has 1 aromatic rings. The van der Waals surface area contributed by atoms with Crippen molar-refractivity contribution in [1.82, 2.24) is 10.3 Å². The number of aliphatic hydroxyl groups excluding tert-OH is 1. The summed E-state index contributed by atoms with van der Waals surface area (Å²) in [5, 5.41) is 16.1. The first-order valence-electron chi connectivity index (χ1n) is 6.86. The van der Waals surface area contributed by atoms with Gasteiger partial charge in [0.1, 0.15) is 11.6 Å². The average Bonchev–Trinajstić information content (AvgIpc) is 2.94. The number of amides is 2. The van der Waals surface area contributed by atoms with Gasteiger partial charge in [-0.15, -0.1) is 11.3 Å². The highest BCUT2D eigenvalue weighted by atomic mass is 32.1. The lowest BCUT2D eigenvalue weighted by Gasteiger charge is -2.30. The predicted molar refractivity (Wildman–Crippen MR) is 82.6 cm³/mol. The van der Waals surface area contributed by atoms with Crippen LogP contribution < -0.4 is 10.6 Å². The summed E-state index contributed by atoms with van der Waals surface area (Å²) in [4.78, 5) is 39.7. The molecule has 0 aromatic carbocycles. The average molecular weight is 339 g/mol. The molecular weight excluding hydrogens is 322 g/mol. The monoisotopic (exact) mass is 339 g/mol. The Bertz CT molecular complexity index is 639. The SMILES string of the molecule is CC1(C)CC(=O)C=C(C(=O)N[C@@H](CO)C(=O)Nc2nccs2)O1. The molecule has 124 valence electrons. The number of carbonyl (C=O) groups excluding carboxylic acids is 3. The molecule has 23 heavy (non-hydrogen) atoms. The van der Waals surface area contributed by atoms with Crippen LogP contribution in [0.15, 0.2) is 23.4 Å². The van der Waals surface area contributed by atoms with E-state index in [2.05, 4.69) is 15.6 Å². The van der Waals surface area contributed by atoms with Crippen molar-refractivity contribution in [3.63, 3.8) is 0 Å². The number of aromatic nitrogens is 1. The molecule has 2 amide bonds. The van der Waals surface area contributed by atoms with Crippen LogP contribution in [0, 0.1) is 0 Å². The van der Waals surface area contributed by atoms with Crippen LogP contribution in [0.25, 0.3) is 0 Å². The molecule has 0 bridgehead atoms. The number of hydrogen-bond donors (Lipinski definition) is 3. The standard InChI is InChI=1S/C14H17N3O5S/c1-14(2)6-8(19)5-10(22-14)12(21)16-9(7-18)11(20)17-13-15-3-4-23-13/h3-5,9,18H,6-7H2,1-2H3,(H,16,21)(H,15,17,20)/t9-/m0/s1. The third-order valence-corrected chi connectivity index (χ3v) is 3.66. The molecule has 2 rings (SSSR count). The topological polar surface area (TPSA) is 118 Å². The van der Waals surface area contributed by atoms with Crippen molar-refractivity contribution in [3.05, 3.63) is 23.4 Å². The van der Waals surface area contributed by atoms with Crippen molar-refractivity contribution in [3.8, 4) is 0 Å². The second-order valence-corrected chi connectivity index (χ2v) is 6.44. The summed E-state index contributed by atoms with van der Waals surface area (Å²) >= 11 is 1.21. The number of anilines is 1. The number of nitrogens with one attached hydrogen (secondary N) is 2. The van der Waals surface area contributed by atoms with Crippen molar-refractivity contribution in [2.75, 3.05) is 11.9 Å². The largest absolute Gasteiger partial charge is 0.482 e. The first-order chi connectivity index (χ1) is 10.8. The van der Waals surface area contributed by atoms with Crippen LogP contribution >= 0.6 is 11.3 Å². The zero-order chi connectivity index (χ0) is 17.0. The minimum absolute atomic E-state index is 0.164. The Labute approximate surface area is 136 Å². The van der Waals surface area contributed by atoms with Crippen molar-refractivity contribution in [2.24, 2.45) is 0 Å². The maximum atomic E-state index is 12.1. The van der Waals surface area contributed by atoms with Crippen LogP contribution in [0.3, 0.4) is 0 Å². The number of ketones is 1. The number of aliphatic hydroxyl groups is 1. The number of thiazole rings is 1. The molecule has 8 nitrogen and oxygen atoms in total. The molecule has 0 radical (unpaired) electrons. The minimum Gasteiger partial charge on any atom is -0.482 e. The van der Waals surface area contributed by atoms with E-state index in [9.17, 15) is 19.5 Å². The van der Waals surface area contributed by atoms with Gasteiger partial charge in [0.05, 0.1) is 6.61 Å². The van der Waals surface area contributed by atoms with Gasteiger partial charge in [-0.25, -0.2) is 4.98 Å². The van der Waals surface area contributed by atoms with Crippen molar-refractivity contribution in [2.45, 2.75) is 31.9 Å². The third kappa shape index (κ3) is 4.60. The van der Waals surface area contributed by atoms with Crippen LogP contribution in [-0.2, 0) is 19.1 Å². The third-order valence-electron chi connectivity index (χ3n) is 2.97. The molecule has 1 aromatic heterocycles. The van der Waals surface area contributed by atoms with Crippen LogP contribution in [0.1, 0.15) is 20.3 Å². The van der Waals surface area contributed by atoms with Gasteiger partial charge < -0.3 is 20.5 Å². The van der Waals surface area contributed by atoms with Crippen LogP contribution in [-0.4, -0.2) is 45.9 Å². The molecule has 0 spiro atoms. The Morgan fingerprint density at radius 1 is 1.52 bits per heavy atom. The number of carbonyl (C=O) groups is 3. The van der Waals surface area contributed by atoms with Gasteiger partial charge in [0.2, 0.25) is 0 Å². The molecule has 9 heteroatoms. The Kier molecular flexibility index (Phi) is 5.12. The molecule has 0 saturated carbocycles. The quantitative estimate of drug-likeness (QED) is 0.706. The van der Waals surface area contributed by atoms with Gasteiger partial charge in [-0.2, -0.15) is 0 Å². The van der Waals surface area contributed by atoms with Crippen molar-refractivity contribution in [1.29, 1.82) is 0 Å². The van der Waals surface area contributed by atoms with Gasteiger partial charge in [-0.3, -0.25) is 14.4 Å². The van der Waals surface area contributed by atoms with E-state index < -0.39 is 30.1 Å². The summed E-state index contributed by atoms with van der Waals surface area (Å²) in [6, 6.07) is -1.18.